The Labute approximate surface area is 188 Å². The molecule has 10 heteroatoms. The summed E-state index contributed by atoms with van der Waals surface area (Å²) in [6.07, 6.45) is 0.123. The highest BCUT2D eigenvalue weighted by atomic mass is 32.2. The van der Waals surface area contributed by atoms with Crippen LogP contribution in [0.15, 0.2) is 42.7 Å². The molecule has 0 bridgehead atoms. The molecule has 1 fully saturated rings. The second-order valence-electron chi connectivity index (χ2n) is 7.00. The lowest BCUT2D eigenvalue weighted by molar-refractivity contribution is -0.186. The van der Waals surface area contributed by atoms with Crippen LogP contribution in [0.2, 0.25) is 0 Å². The molecule has 0 amide bonds. The summed E-state index contributed by atoms with van der Waals surface area (Å²) >= 11 is 1.16. The maximum absolute atomic E-state index is 14.8. The van der Waals surface area contributed by atoms with Crippen molar-refractivity contribution in [1.82, 2.24) is 4.98 Å². The second kappa shape index (κ2) is 10.4. The van der Waals surface area contributed by atoms with Crippen molar-refractivity contribution in [2.24, 2.45) is 0 Å². The van der Waals surface area contributed by atoms with Crippen LogP contribution in [-0.2, 0) is 28.6 Å². The third kappa shape index (κ3) is 5.97. The molecular weight excluding hydrogens is 441 g/mol. The van der Waals surface area contributed by atoms with Crippen LogP contribution >= 0.6 is 11.8 Å². The van der Waals surface area contributed by atoms with Crippen LogP contribution in [0, 0.1) is 5.82 Å². The molecule has 1 aromatic carbocycles. The van der Waals surface area contributed by atoms with Crippen LogP contribution in [0.25, 0.3) is 11.1 Å². The Morgan fingerprint density at radius 1 is 0.906 bits per heavy atom. The van der Waals surface area contributed by atoms with Crippen LogP contribution < -0.4 is 4.74 Å². The Morgan fingerprint density at radius 2 is 1.53 bits per heavy atom. The smallest absolute Gasteiger partial charge is 0.303 e. The summed E-state index contributed by atoms with van der Waals surface area (Å²) in [4.78, 5) is 38.8. The third-order valence-corrected chi connectivity index (χ3v) is 5.71. The summed E-state index contributed by atoms with van der Waals surface area (Å²) in [6.45, 7) is 3.59. The first kappa shape index (κ1) is 23.5. The number of hydrogen-bond acceptors (Lipinski definition) is 9. The van der Waals surface area contributed by atoms with Crippen LogP contribution in [0.4, 0.5) is 4.39 Å². The average Bonchev–Trinajstić information content (AvgIpc) is 2.73. The number of thioether (sulfide) groups is 1. The third-order valence-electron chi connectivity index (χ3n) is 4.49. The van der Waals surface area contributed by atoms with Gasteiger partial charge in [-0.2, -0.15) is 0 Å². The molecule has 1 aliphatic rings. The highest BCUT2D eigenvalue weighted by Gasteiger charge is 2.47. The zero-order chi connectivity index (χ0) is 23.3. The van der Waals surface area contributed by atoms with Crippen molar-refractivity contribution in [3.63, 3.8) is 0 Å². The number of rotatable bonds is 6. The Bertz CT molecular complexity index is 987. The lowest BCUT2D eigenvalue weighted by Crippen LogP contribution is -2.55. The number of carbonyl (C=O) groups is 3. The number of pyridine rings is 1. The summed E-state index contributed by atoms with van der Waals surface area (Å²) in [5.41, 5.74) is 0.517. The Hall–Kier alpha value is -3.14. The van der Waals surface area contributed by atoms with E-state index in [1.807, 2.05) is 0 Å². The van der Waals surface area contributed by atoms with E-state index in [1.165, 1.54) is 32.9 Å². The van der Waals surface area contributed by atoms with E-state index in [4.69, 9.17) is 18.9 Å². The van der Waals surface area contributed by atoms with Crippen LogP contribution in [-0.4, -0.2) is 52.4 Å². The molecule has 0 saturated carbocycles. The van der Waals surface area contributed by atoms with Gasteiger partial charge >= 0.3 is 17.9 Å². The molecule has 0 radical (unpaired) electrons. The van der Waals surface area contributed by atoms with Crippen molar-refractivity contribution in [3.8, 4) is 16.9 Å². The molecule has 1 aromatic heterocycles. The highest BCUT2D eigenvalue weighted by Crippen LogP contribution is 2.35. The topological polar surface area (TPSA) is 101 Å². The van der Waals surface area contributed by atoms with E-state index in [1.54, 1.807) is 30.6 Å². The van der Waals surface area contributed by atoms with Gasteiger partial charge in [-0.25, -0.2) is 4.39 Å². The van der Waals surface area contributed by atoms with Gasteiger partial charge in [0.2, 0.25) is 0 Å². The Balaban J connectivity index is 1.86. The van der Waals surface area contributed by atoms with Crippen molar-refractivity contribution in [2.45, 2.75) is 44.5 Å². The molecule has 4 atom stereocenters. The van der Waals surface area contributed by atoms with Gasteiger partial charge in [0, 0.05) is 38.9 Å². The van der Waals surface area contributed by atoms with E-state index in [-0.39, 0.29) is 11.5 Å². The first-order valence-electron chi connectivity index (χ1n) is 9.74. The van der Waals surface area contributed by atoms with E-state index >= 15 is 0 Å². The number of ether oxygens (including phenoxy) is 4. The number of halogens is 1. The van der Waals surface area contributed by atoms with Gasteiger partial charge in [0.1, 0.15) is 0 Å². The minimum Gasteiger partial charge on any atom is -0.473 e. The predicted octanol–water partition coefficient (Wildman–Crippen LogP) is 3.13. The molecule has 32 heavy (non-hydrogen) atoms. The van der Waals surface area contributed by atoms with Gasteiger partial charge in [0.05, 0.1) is 0 Å². The molecule has 2 aromatic rings. The molecule has 1 aliphatic heterocycles. The van der Waals surface area contributed by atoms with E-state index in [9.17, 15) is 18.8 Å². The van der Waals surface area contributed by atoms with Crippen molar-refractivity contribution in [2.75, 3.05) is 5.75 Å². The Morgan fingerprint density at radius 3 is 2.12 bits per heavy atom. The fraction of sp³-hybridized carbons (Fsp3) is 0.364. The largest absolute Gasteiger partial charge is 0.473 e. The van der Waals surface area contributed by atoms with Gasteiger partial charge in [-0.3, -0.25) is 19.4 Å². The first-order chi connectivity index (χ1) is 15.2. The second-order valence-corrected chi connectivity index (χ2v) is 8.13. The molecule has 2 heterocycles. The van der Waals surface area contributed by atoms with Crippen molar-refractivity contribution < 1.29 is 37.7 Å². The Kier molecular flexibility index (Phi) is 7.68. The van der Waals surface area contributed by atoms with Crippen molar-refractivity contribution in [1.29, 1.82) is 0 Å². The van der Waals surface area contributed by atoms with E-state index < -0.39 is 47.5 Å². The molecule has 8 nitrogen and oxygen atoms in total. The predicted molar refractivity (Wildman–Crippen MR) is 113 cm³/mol. The van der Waals surface area contributed by atoms with Crippen LogP contribution in [0.3, 0.4) is 0 Å². The van der Waals surface area contributed by atoms with Gasteiger partial charge in [-0.05, 0) is 35.4 Å². The van der Waals surface area contributed by atoms with Gasteiger partial charge in [-0.1, -0.05) is 6.07 Å². The van der Waals surface area contributed by atoms with E-state index in [0.717, 1.165) is 17.3 Å². The van der Waals surface area contributed by atoms with Crippen molar-refractivity contribution >= 4 is 29.7 Å². The summed E-state index contributed by atoms with van der Waals surface area (Å²) in [7, 11) is 0. The molecule has 3 rings (SSSR count). The number of carbonyl (C=O) groups excluding carboxylic acids is 3. The molecule has 170 valence electrons. The molecule has 0 aliphatic carbocycles. The SMILES string of the molecule is CC(=O)O[C@@H]1[C@@H](OC(C)=O)[C@@H](Oc2ccc(-c3ccncc3)cc2F)SC[C@H]1OC(C)=O. The maximum atomic E-state index is 14.8. The minimum atomic E-state index is -1.13. The first-order valence-corrected chi connectivity index (χ1v) is 10.8. The van der Waals surface area contributed by atoms with Gasteiger partial charge in [0.25, 0.3) is 0 Å². The van der Waals surface area contributed by atoms with Gasteiger partial charge in [0.15, 0.2) is 35.3 Å². The number of nitrogens with zero attached hydrogens (tertiary/aromatic N) is 1. The fourth-order valence-corrected chi connectivity index (χ4v) is 4.46. The summed E-state index contributed by atoms with van der Waals surface area (Å²) in [5, 5.41) is 0. The fourth-order valence-electron chi connectivity index (χ4n) is 3.26. The van der Waals surface area contributed by atoms with Crippen LogP contribution in [0.5, 0.6) is 5.75 Å². The number of hydrogen-bond donors (Lipinski definition) is 0. The number of esters is 3. The molecule has 1 saturated heterocycles. The normalized spacial score (nSPS) is 22.5. The summed E-state index contributed by atoms with van der Waals surface area (Å²) < 4.78 is 36.5. The minimum absolute atomic E-state index is 0.0648. The standard InChI is InChI=1S/C22H22FNO7S/c1-12(25)28-19-11-32-22(21(30-14(3)27)20(19)29-13(2)26)31-18-5-4-16(10-17(18)23)15-6-8-24-9-7-15/h4-10,19-22H,11H2,1-3H3/t19-,20+,21-,22+/m1/s1. The lowest BCUT2D eigenvalue weighted by atomic mass is 10.1. The number of benzene rings is 1. The van der Waals surface area contributed by atoms with Gasteiger partial charge in [-0.15, -0.1) is 11.8 Å². The zero-order valence-electron chi connectivity index (χ0n) is 17.6. The quantitative estimate of drug-likeness (QED) is 0.472. The summed E-state index contributed by atoms with van der Waals surface area (Å²) in [5.74, 6) is -2.37. The zero-order valence-corrected chi connectivity index (χ0v) is 18.5. The van der Waals surface area contributed by atoms with E-state index in [2.05, 4.69) is 4.98 Å². The molecule has 0 spiro atoms. The monoisotopic (exact) mass is 463 g/mol. The molecule has 0 N–H and O–H groups in total. The van der Waals surface area contributed by atoms with Crippen molar-refractivity contribution in [3.05, 3.63) is 48.5 Å². The molecule has 0 unspecified atom stereocenters. The highest BCUT2D eigenvalue weighted by molar-refractivity contribution is 7.99. The van der Waals surface area contributed by atoms with Gasteiger partial charge < -0.3 is 18.9 Å². The lowest BCUT2D eigenvalue weighted by Gasteiger charge is -2.39. The number of aromatic nitrogens is 1. The molecular formula is C22H22FNO7S. The van der Waals surface area contributed by atoms with E-state index in [0.29, 0.717) is 5.56 Å². The van der Waals surface area contributed by atoms with Crippen LogP contribution in [0.1, 0.15) is 20.8 Å². The average molecular weight is 463 g/mol. The summed E-state index contributed by atoms with van der Waals surface area (Å²) in [6, 6.07) is 7.98. The maximum Gasteiger partial charge on any atom is 0.303 e.